The van der Waals surface area contributed by atoms with Gasteiger partial charge in [-0.2, -0.15) is 5.10 Å². The third-order valence-corrected chi connectivity index (χ3v) is 3.50. The second kappa shape index (κ2) is 6.31. The van der Waals surface area contributed by atoms with Crippen molar-refractivity contribution in [1.29, 1.82) is 0 Å². The summed E-state index contributed by atoms with van der Waals surface area (Å²) >= 11 is 0. The van der Waals surface area contributed by atoms with E-state index >= 15 is 0 Å². The Hall–Kier alpha value is -2.49. The number of benzene rings is 1. The van der Waals surface area contributed by atoms with Gasteiger partial charge in [-0.25, -0.2) is 4.68 Å². The van der Waals surface area contributed by atoms with E-state index in [1.807, 2.05) is 29.1 Å². The van der Waals surface area contributed by atoms with E-state index < -0.39 is 0 Å². The highest BCUT2D eigenvalue weighted by Crippen LogP contribution is 2.20. The van der Waals surface area contributed by atoms with Gasteiger partial charge >= 0.3 is 0 Å². The number of aromatic nitrogens is 3. The lowest BCUT2D eigenvalue weighted by Gasteiger charge is -2.13. The van der Waals surface area contributed by atoms with Gasteiger partial charge in [0.15, 0.2) is 0 Å². The summed E-state index contributed by atoms with van der Waals surface area (Å²) in [4.78, 5) is 0. The van der Waals surface area contributed by atoms with E-state index in [2.05, 4.69) is 52.4 Å². The van der Waals surface area contributed by atoms with Crippen LogP contribution in [0.3, 0.4) is 0 Å². The average molecular weight is 280 g/mol. The van der Waals surface area contributed by atoms with Gasteiger partial charge in [-0.15, -0.1) is 0 Å². The highest BCUT2D eigenvalue weighted by molar-refractivity contribution is 5.60. The van der Waals surface area contributed by atoms with Crippen LogP contribution in [0.4, 0.5) is 5.69 Å². The predicted molar refractivity (Wildman–Crippen MR) is 85.6 cm³/mol. The van der Waals surface area contributed by atoms with Crippen LogP contribution in [0.2, 0.25) is 0 Å². The molecule has 2 aromatic heterocycles. The molecule has 3 rings (SSSR count). The maximum atomic E-state index is 4.31. The molecule has 21 heavy (non-hydrogen) atoms. The minimum absolute atomic E-state index is 0.811. The van der Waals surface area contributed by atoms with Crippen molar-refractivity contribution in [2.75, 3.05) is 5.32 Å². The molecule has 0 aliphatic carbocycles. The van der Waals surface area contributed by atoms with Gasteiger partial charge < -0.3 is 9.88 Å². The minimum atomic E-state index is 0.811. The Morgan fingerprint density at radius 2 is 1.95 bits per heavy atom. The summed E-state index contributed by atoms with van der Waals surface area (Å²) in [7, 11) is 0. The summed E-state index contributed by atoms with van der Waals surface area (Å²) in [6.07, 6.45) is 7.04. The van der Waals surface area contributed by atoms with E-state index in [4.69, 9.17) is 0 Å². The average Bonchev–Trinajstić information content (AvgIpc) is 3.17. The Balaban J connectivity index is 1.78. The van der Waals surface area contributed by atoms with E-state index in [1.54, 1.807) is 6.20 Å². The molecule has 3 aromatic rings. The maximum absolute atomic E-state index is 4.31. The molecule has 0 aliphatic rings. The van der Waals surface area contributed by atoms with E-state index in [-0.39, 0.29) is 0 Å². The van der Waals surface area contributed by atoms with Crippen molar-refractivity contribution in [2.24, 2.45) is 0 Å². The highest BCUT2D eigenvalue weighted by Gasteiger charge is 2.05. The van der Waals surface area contributed by atoms with Crippen LogP contribution in [-0.2, 0) is 13.1 Å². The number of nitrogens with zero attached hydrogens (tertiary/aromatic N) is 3. The molecule has 0 spiro atoms. The Kier molecular flexibility index (Phi) is 4.05. The van der Waals surface area contributed by atoms with Crippen LogP contribution < -0.4 is 5.32 Å². The molecular weight excluding hydrogens is 260 g/mol. The van der Waals surface area contributed by atoms with Crippen molar-refractivity contribution < 1.29 is 0 Å². The molecule has 0 unspecified atom stereocenters. The first-order valence-electron chi connectivity index (χ1n) is 7.35. The quantitative estimate of drug-likeness (QED) is 0.747. The Bertz CT molecular complexity index is 682. The molecule has 0 atom stereocenters. The topological polar surface area (TPSA) is 34.8 Å². The first-order chi connectivity index (χ1) is 10.4. The predicted octanol–water partition coefficient (Wildman–Crippen LogP) is 3.70. The monoisotopic (exact) mass is 280 g/mol. The second-order valence-electron chi connectivity index (χ2n) is 5.01. The Morgan fingerprint density at radius 3 is 2.76 bits per heavy atom. The summed E-state index contributed by atoms with van der Waals surface area (Å²) < 4.78 is 4.18. The van der Waals surface area contributed by atoms with Crippen molar-refractivity contribution in [3.05, 3.63) is 66.7 Å². The van der Waals surface area contributed by atoms with Crippen molar-refractivity contribution in [3.63, 3.8) is 0 Å². The molecule has 4 nitrogen and oxygen atoms in total. The maximum Gasteiger partial charge on any atom is 0.0876 e. The number of aryl methyl sites for hydroxylation is 1. The molecule has 0 radical (unpaired) electrons. The summed E-state index contributed by atoms with van der Waals surface area (Å²) in [6.45, 7) is 4.07. The Labute approximate surface area is 125 Å². The highest BCUT2D eigenvalue weighted by atomic mass is 15.3. The zero-order chi connectivity index (χ0) is 14.5. The number of hydrogen-bond acceptors (Lipinski definition) is 2. The van der Waals surface area contributed by atoms with Gasteiger partial charge in [-0.3, -0.25) is 0 Å². The zero-order valence-electron chi connectivity index (χ0n) is 12.2. The Morgan fingerprint density at radius 1 is 1.05 bits per heavy atom. The summed E-state index contributed by atoms with van der Waals surface area (Å²) in [5.41, 5.74) is 3.45. The molecule has 0 saturated heterocycles. The fourth-order valence-electron chi connectivity index (χ4n) is 2.49. The van der Waals surface area contributed by atoms with Gasteiger partial charge in [0.2, 0.25) is 0 Å². The third-order valence-electron chi connectivity index (χ3n) is 3.50. The lowest BCUT2D eigenvalue weighted by atomic mass is 10.2. The third kappa shape index (κ3) is 2.99. The molecule has 1 N–H and O–H groups in total. The smallest absolute Gasteiger partial charge is 0.0876 e. The van der Waals surface area contributed by atoms with Crippen LogP contribution in [0, 0.1) is 0 Å². The molecule has 108 valence electrons. The van der Waals surface area contributed by atoms with Gasteiger partial charge in [-0.05, 0) is 36.8 Å². The van der Waals surface area contributed by atoms with Gasteiger partial charge in [0.25, 0.3) is 0 Å². The SMILES string of the molecule is CCCn1cccc1CNc1ccccc1-n1cccn1. The summed E-state index contributed by atoms with van der Waals surface area (Å²) in [5.74, 6) is 0. The summed E-state index contributed by atoms with van der Waals surface area (Å²) in [6, 6.07) is 14.4. The number of para-hydroxylation sites is 2. The van der Waals surface area contributed by atoms with Crippen LogP contribution in [0.1, 0.15) is 19.0 Å². The standard InChI is InChI=1S/C17H20N4/c1-2-11-20-12-5-7-15(20)14-18-16-8-3-4-9-17(16)21-13-6-10-19-21/h3-10,12-13,18H,2,11,14H2,1H3. The van der Waals surface area contributed by atoms with E-state index in [0.717, 1.165) is 30.9 Å². The largest absolute Gasteiger partial charge is 0.378 e. The molecule has 0 fully saturated rings. The van der Waals surface area contributed by atoms with Gasteiger partial charge in [-0.1, -0.05) is 19.1 Å². The van der Waals surface area contributed by atoms with Crippen molar-refractivity contribution in [1.82, 2.24) is 14.3 Å². The van der Waals surface area contributed by atoms with Gasteiger partial charge in [0, 0.05) is 30.8 Å². The fourth-order valence-corrected chi connectivity index (χ4v) is 2.49. The first kappa shape index (κ1) is 13.5. The normalized spacial score (nSPS) is 10.7. The minimum Gasteiger partial charge on any atom is -0.378 e. The number of nitrogens with one attached hydrogen (secondary N) is 1. The number of hydrogen-bond donors (Lipinski definition) is 1. The molecule has 0 amide bonds. The van der Waals surface area contributed by atoms with Gasteiger partial charge in [0.05, 0.1) is 17.9 Å². The van der Waals surface area contributed by atoms with E-state index in [0.29, 0.717) is 0 Å². The second-order valence-corrected chi connectivity index (χ2v) is 5.01. The van der Waals surface area contributed by atoms with E-state index in [1.165, 1.54) is 5.69 Å². The van der Waals surface area contributed by atoms with Crippen LogP contribution >= 0.6 is 0 Å². The molecule has 4 heteroatoms. The lowest BCUT2D eigenvalue weighted by Crippen LogP contribution is -2.09. The molecule has 2 heterocycles. The molecule has 0 saturated carbocycles. The number of rotatable bonds is 6. The molecule has 0 bridgehead atoms. The van der Waals surface area contributed by atoms with Crippen LogP contribution in [0.25, 0.3) is 5.69 Å². The summed E-state index contributed by atoms with van der Waals surface area (Å²) in [5, 5.41) is 7.83. The molecular formula is C17H20N4. The zero-order valence-corrected chi connectivity index (χ0v) is 12.2. The van der Waals surface area contributed by atoms with Crippen molar-refractivity contribution >= 4 is 5.69 Å². The van der Waals surface area contributed by atoms with Crippen LogP contribution in [-0.4, -0.2) is 14.3 Å². The van der Waals surface area contributed by atoms with Crippen LogP contribution in [0.5, 0.6) is 0 Å². The van der Waals surface area contributed by atoms with Gasteiger partial charge in [0.1, 0.15) is 0 Å². The molecule has 1 aromatic carbocycles. The van der Waals surface area contributed by atoms with Crippen LogP contribution in [0.15, 0.2) is 61.1 Å². The van der Waals surface area contributed by atoms with Crippen molar-refractivity contribution in [2.45, 2.75) is 26.4 Å². The van der Waals surface area contributed by atoms with Crippen molar-refractivity contribution in [3.8, 4) is 5.69 Å². The fraction of sp³-hybridized carbons (Fsp3) is 0.235. The number of anilines is 1. The van der Waals surface area contributed by atoms with E-state index in [9.17, 15) is 0 Å². The lowest BCUT2D eigenvalue weighted by molar-refractivity contribution is 0.654. The first-order valence-corrected chi connectivity index (χ1v) is 7.35. The molecule has 0 aliphatic heterocycles.